The minimum absolute atomic E-state index is 0.120. The molecule has 2 amide bonds. The van der Waals surface area contributed by atoms with Gasteiger partial charge in [-0.15, -0.1) is 0 Å². The largest absolute Gasteiger partial charge is 0.326 e. The van der Waals surface area contributed by atoms with Gasteiger partial charge in [-0.1, -0.05) is 34.1 Å². The third kappa shape index (κ3) is 5.27. The summed E-state index contributed by atoms with van der Waals surface area (Å²) in [5, 5.41) is 9.78. The van der Waals surface area contributed by atoms with E-state index in [1.54, 1.807) is 54.3 Å². The third-order valence-corrected chi connectivity index (χ3v) is 4.52. The van der Waals surface area contributed by atoms with Gasteiger partial charge in [0.1, 0.15) is 6.04 Å². The second kappa shape index (κ2) is 8.64. The van der Waals surface area contributed by atoms with Gasteiger partial charge in [-0.2, -0.15) is 5.10 Å². The molecular weight excluding hydrogens is 408 g/mol. The Balaban J connectivity index is 1.60. The van der Waals surface area contributed by atoms with Crippen molar-refractivity contribution in [2.24, 2.45) is 0 Å². The van der Waals surface area contributed by atoms with E-state index in [2.05, 4.69) is 31.7 Å². The highest BCUT2D eigenvalue weighted by Crippen LogP contribution is 2.18. The van der Waals surface area contributed by atoms with Gasteiger partial charge in [0.05, 0.1) is 6.42 Å². The number of aromatic nitrogens is 2. The summed E-state index contributed by atoms with van der Waals surface area (Å²) in [4.78, 5) is 24.6. The molecule has 2 N–H and O–H groups in total. The van der Waals surface area contributed by atoms with E-state index >= 15 is 0 Å². The molecule has 0 radical (unpaired) electrons. The molecule has 3 aromatic rings. The molecule has 0 aliphatic carbocycles. The minimum Gasteiger partial charge on any atom is -0.326 e. The summed E-state index contributed by atoms with van der Waals surface area (Å²) in [5.74, 6) is -0.303. The lowest BCUT2D eigenvalue weighted by Gasteiger charge is -2.13. The van der Waals surface area contributed by atoms with Gasteiger partial charge in [0.15, 0.2) is 0 Å². The van der Waals surface area contributed by atoms with Gasteiger partial charge in [-0.3, -0.25) is 14.3 Å². The summed E-state index contributed by atoms with van der Waals surface area (Å²) in [5.41, 5.74) is 2.16. The molecule has 0 fully saturated rings. The van der Waals surface area contributed by atoms with E-state index in [1.807, 2.05) is 24.3 Å². The highest BCUT2D eigenvalue weighted by atomic mass is 79.9. The molecule has 7 heteroatoms. The van der Waals surface area contributed by atoms with Crippen LogP contribution in [0.1, 0.15) is 18.5 Å². The van der Waals surface area contributed by atoms with Crippen LogP contribution in [0.5, 0.6) is 0 Å². The monoisotopic (exact) mass is 426 g/mol. The Hall–Kier alpha value is -2.93. The minimum atomic E-state index is -0.435. The molecule has 1 atom stereocenters. The highest BCUT2D eigenvalue weighted by molar-refractivity contribution is 9.10. The van der Waals surface area contributed by atoms with Crippen molar-refractivity contribution in [2.45, 2.75) is 19.4 Å². The summed E-state index contributed by atoms with van der Waals surface area (Å²) in [7, 11) is 0. The summed E-state index contributed by atoms with van der Waals surface area (Å²) < 4.78 is 2.55. The third-order valence-electron chi connectivity index (χ3n) is 3.99. The van der Waals surface area contributed by atoms with Crippen molar-refractivity contribution in [3.05, 3.63) is 77.0 Å². The molecule has 1 heterocycles. The van der Waals surface area contributed by atoms with Crippen LogP contribution in [0.4, 0.5) is 11.4 Å². The standard InChI is InChI=1S/C20H19BrN4O2/c1-14(25-11-3-10-22-25)20(27)24-18-5-2-4-17(13-18)23-19(26)12-15-6-8-16(21)9-7-15/h2-11,13-14H,12H2,1H3,(H,23,26)(H,24,27). The topological polar surface area (TPSA) is 76.0 Å². The molecule has 0 bridgehead atoms. The van der Waals surface area contributed by atoms with Crippen LogP contribution in [-0.4, -0.2) is 21.6 Å². The molecule has 0 spiro atoms. The van der Waals surface area contributed by atoms with Crippen LogP contribution in [0.25, 0.3) is 0 Å². The van der Waals surface area contributed by atoms with Crippen LogP contribution in [0.15, 0.2) is 71.5 Å². The molecule has 27 heavy (non-hydrogen) atoms. The van der Waals surface area contributed by atoms with Crippen LogP contribution in [-0.2, 0) is 16.0 Å². The molecule has 3 rings (SSSR count). The number of anilines is 2. The molecule has 1 unspecified atom stereocenters. The van der Waals surface area contributed by atoms with Gasteiger partial charge >= 0.3 is 0 Å². The maximum Gasteiger partial charge on any atom is 0.248 e. The van der Waals surface area contributed by atoms with Crippen LogP contribution < -0.4 is 10.6 Å². The Morgan fingerprint density at radius 3 is 2.44 bits per heavy atom. The Morgan fingerprint density at radius 1 is 1.07 bits per heavy atom. The van der Waals surface area contributed by atoms with Crippen molar-refractivity contribution >= 4 is 39.1 Å². The van der Waals surface area contributed by atoms with Gasteiger partial charge in [0.2, 0.25) is 11.8 Å². The van der Waals surface area contributed by atoms with E-state index in [4.69, 9.17) is 0 Å². The molecule has 1 aromatic heterocycles. The van der Waals surface area contributed by atoms with E-state index in [9.17, 15) is 9.59 Å². The van der Waals surface area contributed by atoms with Gasteiger partial charge in [-0.05, 0) is 48.9 Å². The number of carbonyl (C=O) groups is 2. The predicted octanol–water partition coefficient (Wildman–Crippen LogP) is 4.03. The number of benzene rings is 2. The number of hydrogen-bond donors (Lipinski definition) is 2. The summed E-state index contributed by atoms with van der Waals surface area (Å²) in [6.07, 6.45) is 3.65. The van der Waals surface area contributed by atoms with Crippen molar-refractivity contribution in [1.29, 1.82) is 0 Å². The summed E-state index contributed by atoms with van der Waals surface area (Å²) >= 11 is 3.38. The lowest BCUT2D eigenvalue weighted by molar-refractivity contribution is -0.119. The summed E-state index contributed by atoms with van der Waals surface area (Å²) in [6.45, 7) is 1.77. The first-order valence-corrected chi connectivity index (χ1v) is 9.25. The number of amides is 2. The van der Waals surface area contributed by atoms with Gasteiger partial charge in [0.25, 0.3) is 0 Å². The second-order valence-corrected chi connectivity index (χ2v) is 7.00. The number of nitrogens with one attached hydrogen (secondary N) is 2. The lowest BCUT2D eigenvalue weighted by Crippen LogP contribution is -2.24. The number of carbonyl (C=O) groups excluding carboxylic acids is 2. The molecular formula is C20H19BrN4O2. The van der Waals surface area contributed by atoms with Crippen LogP contribution in [0.2, 0.25) is 0 Å². The number of rotatable bonds is 6. The molecule has 0 saturated heterocycles. The average Bonchev–Trinajstić information content (AvgIpc) is 3.18. The Labute approximate surface area is 165 Å². The molecule has 0 saturated carbocycles. The second-order valence-electron chi connectivity index (χ2n) is 6.08. The number of nitrogens with zero attached hydrogens (tertiary/aromatic N) is 2. The Kier molecular flexibility index (Phi) is 6.03. The van der Waals surface area contributed by atoms with Crippen molar-refractivity contribution in [1.82, 2.24) is 9.78 Å². The van der Waals surface area contributed by atoms with Gasteiger partial charge < -0.3 is 10.6 Å². The van der Waals surface area contributed by atoms with E-state index in [-0.39, 0.29) is 18.2 Å². The first-order valence-electron chi connectivity index (χ1n) is 8.45. The first kappa shape index (κ1) is 18.8. The highest BCUT2D eigenvalue weighted by Gasteiger charge is 2.15. The van der Waals surface area contributed by atoms with Crippen LogP contribution in [0.3, 0.4) is 0 Å². The van der Waals surface area contributed by atoms with Gasteiger partial charge in [-0.25, -0.2) is 0 Å². The quantitative estimate of drug-likeness (QED) is 0.624. The zero-order valence-corrected chi connectivity index (χ0v) is 16.3. The molecule has 6 nitrogen and oxygen atoms in total. The SMILES string of the molecule is CC(C(=O)Nc1cccc(NC(=O)Cc2ccc(Br)cc2)c1)n1cccn1. The zero-order valence-electron chi connectivity index (χ0n) is 14.7. The molecule has 138 valence electrons. The van der Waals surface area contributed by atoms with Crippen molar-refractivity contribution in [2.75, 3.05) is 10.6 Å². The molecule has 0 aliphatic rings. The predicted molar refractivity (Wildman–Crippen MR) is 108 cm³/mol. The Morgan fingerprint density at radius 2 is 1.78 bits per heavy atom. The molecule has 2 aromatic carbocycles. The maximum atomic E-state index is 12.3. The van der Waals surface area contributed by atoms with Crippen molar-refractivity contribution < 1.29 is 9.59 Å². The van der Waals surface area contributed by atoms with Crippen LogP contribution >= 0.6 is 15.9 Å². The van der Waals surface area contributed by atoms with E-state index < -0.39 is 6.04 Å². The number of halogens is 1. The van der Waals surface area contributed by atoms with Gasteiger partial charge in [0, 0.05) is 28.2 Å². The normalized spacial score (nSPS) is 11.6. The smallest absolute Gasteiger partial charge is 0.248 e. The van der Waals surface area contributed by atoms with E-state index in [1.165, 1.54) is 0 Å². The molecule has 0 aliphatic heterocycles. The first-order chi connectivity index (χ1) is 13.0. The van der Waals surface area contributed by atoms with Crippen molar-refractivity contribution in [3.63, 3.8) is 0 Å². The fraction of sp³-hybridized carbons (Fsp3) is 0.150. The van der Waals surface area contributed by atoms with E-state index in [0.717, 1.165) is 10.0 Å². The van der Waals surface area contributed by atoms with Crippen molar-refractivity contribution in [3.8, 4) is 0 Å². The van der Waals surface area contributed by atoms with Crippen LogP contribution in [0, 0.1) is 0 Å². The number of hydrogen-bond acceptors (Lipinski definition) is 3. The maximum absolute atomic E-state index is 12.3. The average molecular weight is 427 g/mol. The van der Waals surface area contributed by atoms with E-state index in [0.29, 0.717) is 11.4 Å². The lowest BCUT2D eigenvalue weighted by atomic mass is 10.1. The fourth-order valence-corrected chi connectivity index (χ4v) is 2.81. The summed E-state index contributed by atoms with van der Waals surface area (Å²) in [6, 6.07) is 16.0. The zero-order chi connectivity index (χ0) is 19.2. The Bertz CT molecular complexity index is 923. The fourth-order valence-electron chi connectivity index (χ4n) is 2.54.